The van der Waals surface area contributed by atoms with E-state index in [1.54, 1.807) is 18.9 Å². The largest absolute Gasteiger partial charge is 0.497 e. The zero-order chi connectivity index (χ0) is 24.9. The van der Waals surface area contributed by atoms with E-state index in [0.29, 0.717) is 0 Å². The molecule has 0 radical (unpaired) electrons. The second kappa shape index (κ2) is 13.8. The van der Waals surface area contributed by atoms with Crippen LogP contribution in [0.3, 0.4) is 0 Å². The number of benzodiazepines with no additional fused rings is 1. The fourth-order valence-corrected chi connectivity index (χ4v) is 5.28. The van der Waals surface area contributed by atoms with Gasteiger partial charge in [-0.3, -0.25) is 4.99 Å². The first-order valence-corrected chi connectivity index (χ1v) is 13.0. The molecule has 1 heterocycles. The molecule has 0 atom stereocenters. The van der Waals surface area contributed by atoms with E-state index in [4.69, 9.17) is 21.3 Å². The molecule has 1 aliphatic rings. The predicted octanol–water partition coefficient (Wildman–Crippen LogP) is 8.96. The summed E-state index contributed by atoms with van der Waals surface area (Å²) in [7, 11) is 3.83. The third-order valence-corrected chi connectivity index (χ3v) is 7.54. The molecule has 5 rings (SSSR count). The first kappa shape index (κ1) is 29.7. The van der Waals surface area contributed by atoms with Gasteiger partial charge in [0, 0.05) is 39.7 Å². The number of likely N-dealkylation sites (N-methyl/N-ethyl adjacent to an activating group) is 1. The Morgan fingerprint density at radius 2 is 1.63 bits per heavy atom. The standard InChI is InChI=1S/C31H27ClN2OS.2ClH/c1-34-19-18-33-29(28-16-10-24(21-30(28)34)23-7-5-8-26(20-23)35-2)17-11-22-6-3-4-9-31(22)36-27-14-12-25(32)13-15-27;;/h3-17,20-21H,18-19H2,1-2H3;2*1H. The minimum atomic E-state index is 0. The number of allylic oxidation sites excluding steroid dienone is 1. The van der Waals surface area contributed by atoms with Gasteiger partial charge in [-0.05, 0) is 71.3 Å². The summed E-state index contributed by atoms with van der Waals surface area (Å²) < 4.78 is 5.43. The maximum atomic E-state index is 6.06. The zero-order valence-corrected chi connectivity index (χ0v) is 24.3. The highest BCUT2D eigenvalue weighted by Gasteiger charge is 2.16. The van der Waals surface area contributed by atoms with Crippen molar-refractivity contribution < 1.29 is 4.74 Å². The van der Waals surface area contributed by atoms with Gasteiger partial charge >= 0.3 is 0 Å². The third kappa shape index (κ3) is 6.95. The van der Waals surface area contributed by atoms with Crippen LogP contribution >= 0.6 is 48.2 Å². The average molecular weight is 584 g/mol. The molecule has 0 aromatic heterocycles. The Morgan fingerprint density at radius 3 is 2.42 bits per heavy atom. The van der Waals surface area contributed by atoms with Crippen LogP contribution in [0.25, 0.3) is 17.2 Å². The second-order valence-electron chi connectivity index (χ2n) is 8.58. The van der Waals surface area contributed by atoms with Gasteiger partial charge in [-0.15, -0.1) is 24.8 Å². The molecule has 1 aliphatic heterocycles. The molecule has 0 saturated heterocycles. The van der Waals surface area contributed by atoms with E-state index in [0.717, 1.165) is 56.7 Å². The molecule has 0 amide bonds. The van der Waals surface area contributed by atoms with E-state index in [-0.39, 0.29) is 24.8 Å². The van der Waals surface area contributed by atoms with Crippen molar-refractivity contribution in [3.8, 4) is 16.9 Å². The lowest BCUT2D eigenvalue weighted by molar-refractivity contribution is 0.415. The number of nitrogens with zero attached hydrogens (tertiary/aromatic N) is 2. The maximum Gasteiger partial charge on any atom is 0.119 e. The monoisotopic (exact) mass is 582 g/mol. The minimum absolute atomic E-state index is 0. The lowest BCUT2D eigenvalue weighted by Crippen LogP contribution is -2.20. The number of rotatable bonds is 6. The first-order chi connectivity index (χ1) is 17.6. The van der Waals surface area contributed by atoms with Gasteiger partial charge in [0.1, 0.15) is 5.75 Å². The van der Waals surface area contributed by atoms with Crippen LogP contribution in [-0.4, -0.2) is 33.0 Å². The van der Waals surface area contributed by atoms with Gasteiger partial charge in [0.15, 0.2) is 0 Å². The van der Waals surface area contributed by atoms with Crippen molar-refractivity contribution in [2.75, 3.05) is 32.1 Å². The molecular weight excluding hydrogens is 555 g/mol. The molecule has 0 N–H and O–H groups in total. The molecule has 0 saturated carbocycles. The van der Waals surface area contributed by atoms with Crippen LogP contribution in [0.5, 0.6) is 5.75 Å². The van der Waals surface area contributed by atoms with Gasteiger partial charge in [0.25, 0.3) is 0 Å². The van der Waals surface area contributed by atoms with Crippen LogP contribution in [0.4, 0.5) is 5.69 Å². The fourth-order valence-electron chi connectivity index (χ4n) is 4.22. The highest BCUT2D eigenvalue weighted by molar-refractivity contribution is 7.99. The lowest BCUT2D eigenvalue weighted by Gasteiger charge is -2.20. The molecule has 0 unspecified atom stereocenters. The smallest absolute Gasteiger partial charge is 0.119 e. The number of halogens is 3. The van der Waals surface area contributed by atoms with E-state index < -0.39 is 0 Å². The van der Waals surface area contributed by atoms with E-state index in [9.17, 15) is 0 Å². The number of anilines is 1. The molecule has 38 heavy (non-hydrogen) atoms. The summed E-state index contributed by atoms with van der Waals surface area (Å²) in [6.07, 6.45) is 4.31. The van der Waals surface area contributed by atoms with Gasteiger partial charge in [-0.25, -0.2) is 0 Å². The Balaban J connectivity index is 0.00000200. The van der Waals surface area contributed by atoms with Crippen LogP contribution in [0.2, 0.25) is 5.02 Å². The van der Waals surface area contributed by atoms with E-state index in [1.807, 2.05) is 24.3 Å². The number of aliphatic imine (C=N–C) groups is 1. The summed E-state index contributed by atoms with van der Waals surface area (Å²) in [5.41, 5.74) is 6.78. The van der Waals surface area contributed by atoms with E-state index in [2.05, 4.69) is 90.8 Å². The van der Waals surface area contributed by atoms with Gasteiger partial charge in [0.05, 0.1) is 19.4 Å². The number of hydrogen-bond acceptors (Lipinski definition) is 4. The lowest BCUT2D eigenvalue weighted by atomic mass is 9.99. The second-order valence-corrected chi connectivity index (χ2v) is 10.1. The molecule has 7 heteroatoms. The van der Waals surface area contributed by atoms with Crippen molar-refractivity contribution in [1.82, 2.24) is 0 Å². The Morgan fingerprint density at radius 1 is 0.868 bits per heavy atom. The highest BCUT2D eigenvalue weighted by atomic mass is 35.5. The minimum Gasteiger partial charge on any atom is -0.497 e. The molecule has 4 aromatic rings. The number of fused-ring (bicyclic) bond motifs is 1. The summed E-state index contributed by atoms with van der Waals surface area (Å²) in [5, 5.41) is 0.747. The molecule has 0 aliphatic carbocycles. The summed E-state index contributed by atoms with van der Waals surface area (Å²) in [6.45, 7) is 1.62. The number of benzene rings is 4. The van der Waals surface area contributed by atoms with Crippen molar-refractivity contribution >= 4 is 65.7 Å². The normalized spacial score (nSPS) is 12.6. The molecule has 4 aromatic carbocycles. The molecular formula is C31H29Cl3N2OS. The van der Waals surface area contributed by atoms with Crippen LogP contribution < -0.4 is 9.64 Å². The SMILES string of the molecule is COc1cccc(-c2ccc3c(c2)N(C)CCN=C3C=Cc2ccccc2Sc2ccc(Cl)cc2)c1.Cl.Cl. The summed E-state index contributed by atoms with van der Waals surface area (Å²) in [5.74, 6) is 0.858. The van der Waals surface area contributed by atoms with Gasteiger partial charge in [-0.1, -0.05) is 71.9 Å². The number of hydrogen-bond donors (Lipinski definition) is 0. The molecule has 0 fully saturated rings. The summed E-state index contributed by atoms with van der Waals surface area (Å²) in [6, 6.07) is 31.2. The van der Waals surface area contributed by atoms with Gasteiger partial charge in [-0.2, -0.15) is 0 Å². The van der Waals surface area contributed by atoms with E-state index >= 15 is 0 Å². The Hall–Kier alpha value is -2.89. The summed E-state index contributed by atoms with van der Waals surface area (Å²) in [4.78, 5) is 9.56. The molecule has 0 bridgehead atoms. The molecule has 3 nitrogen and oxygen atoms in total. The van der Waals surface area contributed by atoms with Crippen molar-refractivity contribution in [2.24, 2.45) is 4.99 Å². The van der Waals surface area contributed by atoms with Crippen molar-refractivity contribution in [2.45, 2.75) is 9.79 Å². The first-order valence-electron chi connectivity index (χ1n) is 11.9. The predicted molar refractivity (Wildman–Crippen MR) is 169 cm³/mol. The Kier molecular flexibility index (Phi) is 10.7. The topological polar surface area (TPSA) is 24.8 Å². The van der Waals surface area contributed by atoms with Crippen LogP contribution in [0, 0.1) is 0 Å². The number of ether oxygens (including phenoxy) is 1. The molecule has 0 spiro atoms. The van der Waals surface area contributed by atoms with Crippen molar-refractivity contribution in [1.29, 1.82) is 0 Å². The third-order valence-electron chi connectivity index (χ3n) is 6.19. The van der Waals surface area contributed by atoms with Crippen molar-refractivity contribution in [3.05, 3.63) is 113 Å². The molecule has 196 valence electrons. The van der Waals surface area contributed by atoms with E-state index in [1.165, 1.54) is 10.6 Å². The summed E-state index contributed by atoms with van der Waals surface area (Å²) >= 11 is 7.80. The van der Waals surface area contributed by atoms with Crippen molar-refractivity contribution in [3.63, 3.8) is 0 Å². The Bertz CT molecular complexity index is 1440. The van der Waals surface area contributed by atoms with Gasteiger partial charge in [0.2, 0.25) is 0 Å². The highest BCUT2D eigenvalue weighted by Crippen LogP contribution is 2.33. The zero-order valence-electron chi connectivity index (χ0n) is 21.1. The number of methoxy groups -OCH3 is 1. The van der Waals surface area contributed by atoms with Crippen LogP contribution in [0.1, 0.15) is 11.1 Å². The Labute approximate surface area is 246 Å². The quantitative estimate of drug-likeness (QED) is 0.226. The van der Waals surface area contributed by atoms with Crippen LogP contribution in [0.15, 0.2) is 112 Å². The maximum absolute atomic E-state index is 6.06. The fraction of sp³-hybridized carbons (Fsp3) is 0.129. The average Bonchev–Trinajstić information content (AvgIpc) is 3.07. The van der Waals surface area contributed by atoms with Crippen LogP contribution in [-0.2, 0) is 0 Å². The van der Waals surface area contributed by atoms with Gasteiger partial charge < -0.3 is 9.64 Å².